The minimum Gasteiger partial charge on any atom is -0.507 e. The van der Waals surface area contributed by atoms with Crippen LogP contribution in [-0.2, 0) is 0 Å². The van der Waals surface area contributed by atoms with Crippen molar-refractivity contribution in [1.82, 2.24) is 9.97 Å². The monoisotopic (exact) mass is 351 g/mol. The van der Waals surface area contributed by atoms with Crippen LogP contribution in [0.4, 0.5) is 11.5 Å². The number of fused-ring (bicyclic) bond motifs is 2. The fourth-order valence-corrected chi connectivity index (χ4v) is 2.94. The van der Waals surface area contributed by atoms with E-state index in [9.17, 15) is 5.11 Å². The maximum absolute atomic E-state index is 10.0. The average molecular weight is 351 g/mol. The van der Waals surface area contributed by atoms with Crippen LogP contribution in [-0.4, -0.2) is 26.0 Å². The Morgan fingerprint density at radius 1 is 0.808 bits per heavy atom. The predicted molar refractivity (Wildman–Crippen MR) is 105 cm³/mol. The van der Waals surface area contributed by atoms with Crippen molar-refractivity contribution >= 4 is 33.2 Å². The molecule has 1 aromatic heterocycles. The van der Waals surface area contributed by atoms with E-state index in [1.165, 1.54) is 11.1 Å². The van der Waals surface area contributed by atoms with E-state index in [4.69, 9.17) is 0 Å². The zero-order valence-electron chi connectivity index (χ0n) is 14.5. The van der Waals surface area contributed by atoms with Gasteiger partial charge in [-0.3, -0.25) is 0 Å². The summed E-state index contributed by atoms with van der Waals surface area (Å²) in [5.41, 5.74) is 4.23. The highest BCUT2D eigenvalue weighted by molar-refractivity contribution is 6.01. The van der Waals surface area contributed by atoms with Crippen LogP contribution < -0.4 is 5.32 Å². The molecule has 0 spiro atoms. The first-order valence-electron chi connectivity index (χ1n) is 7.83. The number of aromatic hydroxyl groups is 1. The summed E-state index contributed by atoms with van der Waals surface area (Å²) in [6.45, 7) is 4.17. The molecular weight excluding hydrogens is 330 g/mol. The second-order valence-corrected chi connectivity index (χ2v) is 5.98. The van der Waals surface area contributed by atoms with Crippen molar-refractivity contribution < 1.29 is 16.1 Å². The molecule has 0 unspecified atom stereocenters. The lowest BCUT2D eigenvalue weighted by atomic mass is 10.1. The number of phenols is 1. The van der Waals surface area contributed by atoms with Gasteiger partial charge in [-0.1, -0.05) is 24.3 Å². The molecule has 0 aliphatic rings. The SMILES string of the molecule is Cc1cc2ncnc(Nc3ccc(O)c4ccccc34)c2cc1C.O.O. The van der Waals surface area contributed by atoms with E-state index >= 15 is 0 Å². The minimum absolute atomic E-state index is 0. The lowest BCUT2D eigenvalue weighted by Crippen LogP contribution is -1.97. The molecule has 4 aromatic rings. The van der Waals surface area contributed by atoms with Gasteiger partial charge in [-0.05, 0) is 49.2 Å². The third-order valence-electron chi connectivity index (χ3n) is 4.40. The Labute approximate surface area is 150 Å². The molecular formula is C20H21N3O3. The van der Waals surface area contributed by atoms with Gasteiger partial charge in [0.05, 0.1) is 5.52 Å². The molecule has 0 atom stereocenters. The molecule has 6 N–H and O–H groups in total. The van der Waals surface area contributed by atoms with Gasteiger partial charge in [-0.25, -0.2) is 9.97 Å². The van der Waals surface area contributed by atoms with Gasteiger partial charge in [0.1, 0.15) is 17.9 Å². The third kappa shape index (κ3) is 3.15. The van der Waals surface area contributed by atoms with Gasteiger partial charge in [0.15, 0.2) is 0 Å². The summed E-state index contributed by atoms with van der Waals surface area (Å²) < 4.78 is 0. The lowest BCUT2D eigenvalue weighted by Gasteiger charge is -2.13. The summed E-state index contributed by atoms with van der Waals surface area (Å²) in [6, 6.07) is 15.5. The topological polar surface area (TPSA) is 121 Å². The Hall–Kier alpha value is -3.22. The average Bonchev–Trinajstić information content (AvgIpc) is 2.59. The third-order valence-corrected chi connectivity index (χ3v) is 4.40. The Balaban J connectivity index is 0.00000121. The molecule has 3 aromatic carbocycles. The first-order valence-corrected chi connectivity index (χ1v) is 7.83. The number of nitrogens with zero attached hydrogens (tertiary/aromatic N) is 2. The highest BCUT2D eigenvalue weighted by atomic mass is 16.3. The minimum atomic E-state index is 0. The molecule has 6 heteroatoms. The van der Waals surface area contributed by atoms with E-state index < -0.39 is 0 Å². The van der Waals surface area contributed by atoms with Crippen molar-refractivity contribution in [2.45, 2.75) is 13.8 Å². The summed E-state index contributed by atoms with van der Waals surface area (Å²) in [6.07, 6.45) is 1.57. The van der Waals surface area contributed by atoms with E-state index in [0.717, 1.165) is 33.2 Å². The molecule has 0 saturated heterocycles. The van der Waals surface area contributed by atoms with Crippen LogP contribution in [0.15, 0.2) is 54.9 Å². The van der Waals surface area contributed by atoms with Gasteiger partial charge >= 0.3 is 0 Å². The summed E-state index contributed by atoms with van der Waals surface area (Å²) in [5.74, 6) is 1.04. The first-order chi connectivity index (χ1) is 11.6. The molecule has 26 heavy (non-hydrogen) atoms. The van der Waals surface area contributed by atoms with Crippen LogP contribution in [0.2, 0.25) is 0 Å². The van der Waals surface area contributed by atoms with Crippen LogP contribution in [0.3, 0.4) is 0 Å². The van der Waals surface area contributed by atoms with Crippen LogP contribution >= 0.6 is 0 Å². The van der Waals surface area contributed by atoms with Crippen LogP contribution in [0, 0.1) is 13.8 Å². The Morgan fingerprint density at radius 2 is 1.50 bits per heavy atom. The first kappa shape index (κ1) is 19.1. The molecule has 0 bridgehead atoms. The highest BCUT2D eigenvalue weighted by Crippen LogP contribution is 2.33. The van der Waals surface area contributed by atoms with Gasteiger partial charge in [0.25, 0.3) is 0 Å². The number of hydrogen-bond donors (Lipinski definition) is 2. The number of benzene rings is 3. The number of aryl methyl sites for hydroxylation is 2. The van der Waals surface area contributed by atoms with Crippen molar-refractivity contribution in [2.75, 3.05) is 5.32 Å². The lowest BCUT2D eigenvalue weighted by molar-refractivity contribution is 0.481. The molecule has 4 rings (SSSR count). The number of rotatable bonds is 2. The van der Waals surface area contributed by atoms with E-state index in [2.05, 4.69) is 41.3 Å². The highest BCUT2D eigenvalue weighted by Gasteiger charge is 2.09. The van der Waals surface area contributed by atoms with Gasteiger partial charge in [0.2, 0.25) is 0 Å². The van der Waals surface area contributed by atoms with E-state index in [0.29, 0.717) is 0 Å². The van der Waals surface area contributed by atoms with Crippen molar-refractivity contribution in [3.05, 3.63) is 66.0 Å². The normalized spacial score (nSPS) is 10.2. The van der Waals surface area contributed by atoms with Gasteiger partial charge in [-0.15, -0.1) is 0 Å². The molecule has 0 aliphatic heterocycles. The smallest absolute Gasteiger partial charge is 0.141 e. The summed E-state index contributed by atoms with van der Waals surface area (Å²) in [5, 5.41) is 16.2. The second kappa shape index (κ2) is 7.35. The summed E-state index contributed by atoms with van der Waals surface area (Å²) in [4.78, 5) is 8.79. The molecule has 6 nitrogen and oxygen atoms in total. The number of anilines is 2. The Morgan fingerprint density at radius 3 is 2.27 bits per heavy atom. The number of hydrogen-bond acceptors (Lipinski definition) is 4. The second-order valence-electron chi connectivity index (χ2n) is 5.98. The Bertz CT molecular complexity index is 1080. The molecule has 1 heterocycles. The quantitative estimate of drug-likeness (QED) is 0.538. The fourth-order valence-electron chi connectivity index (χ4n) is 2.94. The molecule has 0 saturated carbocycles. The molecule has 0 radical (unpaired) electrons. The zero-order chi connectivity index (χ0) is 16.7. The van der Waals surface area contributed by atoms with E-state index in [1.807, 2.05) is 30.3 Å². The van der Waals surface area contributed by atoms with Crippen LogP contribution in [0.1, 0.15) is 11.1 Å². The van der Waals surface area contributed by atoms with E-state index in [-0.39, 0.29) is 16.7 Å². The van der Waals surface area contributed by atoms with Crippen molar-refractivity contribution in [3.63, 3.8) is 0 Å². The predicted octanol–water partition coefficient (Wildman–Crippen LogP) is 3.20. The van der Waals surface area contributed by atoms with Crippen molar-refractivity contribution in [2.24, 2.45) is 0 Å². The van der Waals surface area contributed by atoms with Gasteiger partial charge in [0, 0.05) is 21.8 Å². The fraction of sp³-hybridized carbons (Fsp3) is 0.100. The van der Waals surface area contributed by atoms with Crippen molar-refractivity contribution in [1.29, 1.82) is 0 Å². The van der Waals surface area contributed by atoms with Gasteiger partial charge in [-0.2, -0.15) is 0 Å². The molecule has 0 fully saturated rings. The van der Waals surface area contributed by atoms with E-state index in [1.54, 1.807) is 12.4 Å². The maximum atomic E-state index is 10.0. The number of phenolic OH excluding ortho intramolecular Hbond substituents is 1. The molecule has 0 amide bonds. The number of nitrogens with one attached hydrogen (secondary N) is 1. The zero-order valence-corrected chi connectivity index (χ0v) is 14.5. The maximum Gasteiger partial charge on any atom is 0.141 e. The van der Waals surface area contributed by atoms with Gasteiger partial charge < -0.3 is 21.4 Å². The summed E-state index contributed by atoms with van der Waals surface area (Å²) in [7, 11) is 0. The molecule has 0 aliphatic carbocycles. The number of aromatic nitrogens is 2. The standard InChI is InChI=1S/C20H17N3O.2H2O/c1-12-9-16-18(10-13(12)2)21-11-22-20(16)23-17-7-8-19(24)15-6-4-3-5-14(15)17;;/h3-11,24H,1-2H3,(H,21,22,23);2*1H2. The Kier molecular flexibility index (Phi) is 5.40. The molecule has 134 valence electrons. The van der Waals surface area contributed by atoms with Crippen LogP contribution in [0.25, 0.3) is 21.7 Å². The summed E-state index contributed by atoms with van der Waals surface area (Å²) >= 11 is 0. The van der Waals surface area contributed by atoms with Crippen molar-refractivity contribution in [3.8, 4) is 5.75 Å². The largest absolute Gasteiger partial charge is 0.507 e. The van der Waals surface area contributed by atoms with Crippen LogP contribution in [0.5, 0.6) is 5.75 Å².